The van der Waals surface area contributed by atoms with Crippen molar-refractivity contribution in [2.45, 2.75) is 71.8 Å². The van der Waals surface area contributed by atoms with Crippen LogP contribution in [0.25, 0.3) is 33.5 Å². The maximum atomic E-state index is 15.3. The maximum Gasteiger partial charge on any atom is 0.328 e. The number of halogens is 1. The number of benzene rings is 3. The number of aromatic amines is 1. The number of carbonyl (C=O) groups excluding carboxylic acids is 4. The van der Waals surface area contributed by atoms with Gasteiger partial charge in [-0.1, -0.05) is 38.1 Å². The van der Waals surface area contributed by atoms with Gasteiger partial charge >= 0.3 is 12.1 Å². The molecule has 5 aromatic rings. The molecule has 3 aromatic carbocycles. The molecule has 4 N–H and O–H groups in total. The predicted octanol–water partition coefficient (Wildman–Crippen LogP) is 7.63. The molecular weight excluding hydrogens is 854 g/mol. The molecule has 2 aromatic heterocycles. The number of ether oxygens (including phenoxy) is 1. The third-order valence-corrected chi connectivity index (χ3v) is 14.6. The molecule has 4 aliphatic rings. The smallest absolute Gasteiger partial charge is 0.328 e. The SMILES string of the molecule is COc1ccc(C(=O)N2CCC3(CCN(CCc4ccc(-c5cc6c(-c7ccc(F)c(NC(=O)N8C[C@H](CC(C)C)[C@@H](O)C8)c7C)ncnc6[nH]5)cc4)CC3)CC2)cc1N1CCC(=O)NC1=O. The van der Waals surface area contributed by atoms with Crippen molar-refractivity contribution in [1.82, 2.24) is 35.0 Å². The summed E-state index contributed by atoms with van der Waals surface area (Å²) in [6.07, 6.45) is 6.92. The largest absolute Gasteiger partial charge is 0.495 e. The Labute approximate surface area is 390 Å². The number of aliphatic hydroxyl groups is 1. The Hall–Kier alpha value is -6.39. The van der Waals surface area contributed by atoms with Crippen LogP contribution in [0.4, 0.5) is 25.4 Å². The van der Waals surface area contributed by atoms with Crippen LogP contribution in [0.1, 0.15) is 73.9 Å². The molecule has 16 heteroatoms. The molecule has 2 atom stereocenters. The van der Waals surface area contributed by atoms with Crippen LogP contribution in [-0.4, -0.2) is 124 Å². The number of likely N-dealkylation sites (tertiary alicyclic amines) is 3. The summed E-state index contributed by atoms with van der Waals surface area (Å²) in [5, 5.41) is 16.5. The number of hydrogen-bond donors (Lipinski definition) is 4. The Bertz CT molecular complexity index is 2670. The van der Waals surface area contributed by atoms with E-state index in [1.165, 1.54) is 30.0 Å². The van der Waals surface area contributed by atoms with Crippen LogP contribution in [0.15, 0.2) is 67.0 Å². The number of amides is 6. The van der Waals surface area contributed by atoms with E-state index < -0.39 is 24.0 Å². The minimum Gasteiger partial charge on any atom is -0.495 e. The van der Waals surface area contributed by atoms with Crippen LogP contribution in [0.2, 0.25) is 0 Å². The molecule has 0 bridgehead atoms. The fourth-order valence-electron chi connectivity index (χ4n) is 10.5. The summed E-state index contributed by atoms with van der Waals surface area (Å²) in [6, 6.07) is 17.8. The lowest BCUT2D eigenvalue weighted by Crippen LogP contribution is -2.50. The number of imide groups is 1. The minimum absolute atomic E-state index is 0.0106. The number of hydrogen-bond acceptors (Lipinski definition) is 9. The molecular formula is C51H60FN9O6. The second-order valence-corrected chi connectivity index (χ2v) is 19.3. The van der Waals surface area contributed by atoms with E-state index in [2.05, 4.69) is 68.6 Å². The molecule has 352 valence electrons. The Morgan fingerprint density at radius 2 is 1.69 bits per heavy atom. The first-order chi connectivity index (χ1) is 32.3. The number of aromatic nitrogens is 3. The molecule has 6 heterocycles. The van der Waals surface area contributed by atoms with E-state index in [0.29, 0.717) is 65.0 Å². The number of carbonyl (C=O) groups is 4. The molecule has 1 spiro atoms. The topological polar surface area (TPSA) is 176 Å². The van der Waals surface area contributed by atoms with E-state index in [9.17, 15) is 24.3 Å². The normalized spacial score (nSPS) is 20.0. The van der Waals surface area contributed by atoms with Crippen LogP contribution in [0.3, 0.4) is 0 Å². The first-order valence-electron chi connectivity index (χ1n) is 23.6. The molecule has 0 radical (unpaired) electrons. The van der Waals surface area contributed by atoms with Crippen LogP contribution < -0.4 is 20.3 Å². The van der Waals surface area contributed by atoms with Crippen molar-refractivity contribution in [1.29, 1.82) is 0 Å². The molecule has 15 nitrogen and oxygen atoms in total. The molecule has 6 amide bonds. The third-order valence-electron chi connectivity index (χ3n) is 14.6. The van der Waals surface area contributed by atoms with Crippen molar-refractivity contribution >= 4 is 46.3 Å². The number of fused-ring (bicyclic) bond motifs is 1. The lowest BCUT2D eigenvalue weighted by atomic mass is 9.71. The van der Waals surface area contributed by atoms with Gasteiger partial charge in [0.2, 0.25) is 5.91 Å². The summed E-state index contributed by atoms with van der Waals surface area (Å²) in [5.41, 5.74) is 6.94. The van der Waals surface area contributed by atoms with Crippen molar-refractivity contribution in [3.8, 4) is 28.3 Å². The van der Waals surface area contributed by atoms with E-state index in [0.717, 1.165) is 74.8 Å². The summed E-state index contributed by atoms with van der Waals surface area (Å²) < 4.78 is 20.8. The Balaban J connectivity index is 0.781. The molecule has 4 aliphatic heterocycles. The summed E-state index contributed by atoms with van der Waals surface area (Å²) in [5.74, 6) is -0.0750. The maximum absolute atomic E-state index is 15.3. The number of methoxy groups -OCH3 is 1. The second kappa shape index (κ2) is 19.1. The number of β-amino-alcohol motifs (C(OH)–C–C–N with tert-alkyl or cyclic N) is 1. The Kier molecular flexibility index (Phi) is 13.0. The average Bonchev–Trinajstić information content (AvgIpc) is 3.93. The van der Waals surface area contributed by atoms with Crippen molar-refractivity contribution in [3.05, 3.63) is 89.5 Å². The number of piperidine rings is 2. The number of urea groups is 2. The van der Waals surface area contributed by atoms with Crippen molar-refractivity contribution in [2.75, 3.05) is 69.7 Å². The quantitative estimate of drug-likeness (QED) is 0.104. The number of nitrogens with one attached hydrogen (secondary N) is 3. The third kappa shape index (κ3) is 9.59. The van der Waals surface area contributed by atoms with Gasteiger partial charge < -0.3 is 34.8 Å². The standard InChI is InChI=1S/C51H60FN9O6/c1-31(2)25-36-28-60(29-42(36)62)49(65)57-45-32(3)37(10-11-39(45)52)46-38-27-40(55-47(38)54-30-53-46)34-7-5-33(6-8-34)13-19-58-21-15-51(16-22-58)17-23-59(24-18-51)48(64)35-9-12-43(67-4)41(26-35)61-20-14-44(63)56-50(61)66/h5-12,26-27,30-31,36,42,62H,13-25,28-29H2,1-4H3,(H,57,65)(H,53,54,55)(H,56,63,66)/t36-,42-/m0/s1. The van der Waals surface area contributed by atoms with Gasteiger partial charge in [-0.3, -0.25) is 19.8 Å². The van der Waals surface area contributed by atoms with Gasteiger partial charge in [0.05, 0.1) is 30.3 Å². The zero-order chi connectivity index (χ0) is 47.0. The number of nitrogens with zero attached hydrogens (tertiary/aromatic N) is 6. The fourth-order valence-corrected chi connectivity index (χ4v) is 10.5. The summed E-state index contributed by atoms with van der Waals surface area (Å²) in [4.78, 5) is 71.4. The highest BCUT2D eigenvalue weighted by molar-refractivity contribution is 6.07. The lowest BCUT2D eigenvalue weighted by Gasteiger charge is -2.47. The predicted molar refractivity (Wildman–Crippen MR) is 254 cm³/mol. The Morgan fingerprint density at radius 3 is 2.40 bits per heavy atom. The van der Waals surface area contributed by atoms with E-state index in [1.807, 2.05) is 11.0 Å². The van der Waals surface area contributed by atoms with Crippen LogP contribution in [0.5, 0.6) is 5.75 Å². The molecule has 4 fully saturated rings. The molecule has 0 aliphatic carbocycles. The summed E-state index contributed by atoms with van der Waals surface area (Å²) >= 11 is 0. The lowest BCUT2D eigenvalue weighted by molar-refractivity contribution is -0.120. The molecule has 4 saturated heterocycles. The molecule has 0 unspecified atom stereocenters. The van der Waals surface area contributed by atoms with E-state index >= 15 is 4.39 Å². The summed E-state index contributed by atoms with van der Waals surface area (Å²) in [7, 11) is 1.52. The van der Waals surface area contributed by atoms with Gasteiger partial charge in [-0.15, -0.1) is 0 Å². The van der Waals surface area contributed by atoms with Crippen LogP contribution in [0, 0.1) is 30.0 Å². The van der Waals surface area contributed by atoms with Gasteiger partial charge in [0.25, 0.3) is 5.91 Å². The number of anilines is 2. The van der Waals surface area contributed by atoms with Gasteiger partial charge in [0, 0.05) is 73.8 Å². The zero-order valence-corrected chi connectivity index (χ0v) is 38.7. The fraction of sp³-hybridized carbons (Fsp3) is 0.451. The second-order valence-electron chi connectivity index (χ2n) is 19.3. The van der Waals surface area contributed by atoms with Crippen LogP contribution >= 0.6 is 0 Å². The van der Waals surface area contributed by atoms with Crippen molar-refractivity contribution < 1.29 is 33.4 Å². The Morgan fingerprint density at radius 1 is 0.940 bits per heavy atom. The van der Waals surface area contributed by atoms with Gasteiger partial charge in [0.15, 0.2) is 0 Å². The number of aliphatic hydroxyl groups excluding tert-OH is 1. The first-order valence-corrected chi connectivity index (χ1v) is 23.6. The molecule has 67 heavy (non-hydrogen) atoms. The van der Waals surface area contributed by atoms with Crippen LogP contribution in [-0.2, 0) is 11.2 Å². The average molecular weight is 914 g/mol. The number of rotatable bonds is 11. The monoisotopic (exact) mass is 913 g/mol. The van der Waals surface area contributed by atoms with E-state index in [4.69, 9.17) is 4.74 Å². The highest BCUT2D eigenvalue weighted by atomic mass is 19.1. The summed E-state index contributed by atoms with van der Waals surface area (Å²) in [6.45, 7) is 11.2. The van der Waals surface area contributed by atoms with Gasteiger partial charge in [0.1, 0.15) is 23.5 Å². The first kappa shape index (κ1) is 45.8. The highest BCUT2D eigenvalue weighted by Crippen LogP contribution is 2.42. The van der Waals surface area contributed by atoms with E-state index in [-0.39, 0.29) is 48.3 Å². The van der Waals surface area contributed by atoms with Gasteiger partial charge in [-0.05, 0) is 123 Å². The van der Waals surface area contributed by atoms with Crippen molar-refractivity contribution in [2.24, 2.45) is 17.3 Å². The van der Waals surface area contributed by atoms with E-state index in [1.54, 1.807) is 36.1 Å². The highest BCUT2D eigenvalue weighted by Gasteiger charge is 2.39. The zero-order valence-electron chi connectivity index (χ0n) is 38.7. The van der Waals surface area contributed by atoms with Gasteiger partial charge in [-0.25, -0.2) is 23.9 Å². The van der Waals surface area contributed by atoms with Gasteiger partial charge in [-0.2, -0.15) is 0 Å². The van der Waals surface area contributed by atoms with Crippen molar-refractivity contribution in [3.63, 3.8) is 0 Å². The molecule has 9 rings (SSSR count). The number of H-pyrrole nitrogens is 1. The minimum atomic E-state index is -0.606. The molecule has 0 saturated carbocycles.